The Balaban J connectivity index is 2.36. The largest absolute Gasteiger partial charge is 0.479 e. The number of aliphatic carboxylic acids is 1. The number of carbonyl (C=O) groups is 1. The third-order valence-corrected chi connectivity index (χ3v) is 2.65. The molecule has 0 radical (unpaired) electrons. The fourth-order valence-corrected chi connectivity index (χ4v) is 1.65. The van der Waals surface area contributed by atoms with Gasteiger partial charge in [0.1, 0.15) is 0 Å². The van der Waals surface area contributed by atoms with Gasteiger partial charge in [0, 0.05) is 32.1 Å². The number of hydrogen-bond acceptors (Lipinski definition) is 4. The lowest BCUT2D eigenvalue weighted by molar-refractivity contribution is -0.151. The van der Waals surface area contributed by atoms with Crippen molar-refractivity contribution in [3.8, 4) is 0 Å². The van der Waals surface area contributed by atoms with Crippen LogP contribution in [0.2, 0.25) is 0 Å². The molecular weight excluding hydrogens is 232 g/mol. The lowest BCUT2D eigenvalue weighted by Crippen LogP contribution is -2.37. The summed E-state index contributed by atoms with van der Waals surface area (Å²) in [6.45, 7) is 3.40. The van der Waals surface area contributed by atoms with E-state index in [1.165, 1.54) is 5.56 Å². The maximum absolute atomic E-state index is 10.9. The van der Waals surface area contributed by atoms with E-state index < -0.39 is 12.1 Å². The van der Waals surface area contributed by atoms with Crippen molar-refractivity contribution in [1.29, 1.82) is 0 Å². The molecule has 1 aromatic rings. The van der Waals surface area contributed by atoms with Gasteiger partial charge in [-0.3, -0.25) is 4.98 Å². The summed E-state index contributed by atoms with van der Waals surface area (Å²) in [5.74, 6) is -0.910. The molecule has 0 aromatic carbocycles. The Labute approximate surface area is 107 Å². The molecule has 0 aliphatic carbocycles. The second kappa shape index (κ2) is 7.79. The first-order valence-electron chi connectivity index (χ1n) is 6.05. The highest BCUT2D eigenvalue weighted by Gasteiger charge is 2.19. The van der Waals surface area contributed by atoms with Gasteiger partial charge >= 0.3 is 5.97 Å². The van der Waals surface area contributed by atoms with Gasteiger partial charge in [0.15, 0.2) is 6.10 Å². The van der Waals surface area contributed by atoms with Crippen LogP contribution in [0.3, 0.4) is 0 Å². The molecule has 1 atom stereocenters. The summed E-state index contributed by atoms with van der Waals surface area (Å²) in [6.07, 6.45) is 3.64. The molecule has 1 N–H and O–H groups in total. The van der Waals surface area contributed by atoms with Crippen molar-refractivity contribution in [2.45, 2.75) is 19.4 Å². The highest BCUT2D eigenvalue weighted by atomic mass is 16.5. The van der Waals surface area contributed by atoms with Crippen LogP contribution in [0.25, 0.3) is 0 Å². The number of hydrogen-bond donors (Lipinski definition) is 1. The van der Waals surface area contributed by atoms with Gasteiger partial charge in [-0.15, -0.1) is 0 Å². The zero-order valence-corrected chi connectivity index (χ0v) is 10.9. The van der Waals surface area contributed by atoms with Crippen LogP contribution in [0.4, 0.5) is 0 Å². The minimum Gasteiger partial charge on any atom is -0.479 e. The molecule has 0 aliphatic rings. The third kappa shape index (κ3) is 5.25. The van der Waals surface area contributed by atoms with E-state index in [2.05, 4.69) is 4.98 Å². The molecule has 100 valence electrons. The van der Waals surface area contributed by atoms with Gasteiger partial charge in [0.2, 0.25) is 0 Å². The number of aromatic nitrogens is 1. The molecular formula is C13H20N2O3. The van der Waals surface area contributed by atoms with Gasteiger partial charge in [-0.25, -0.2) is 4.79 Å². The van der Waals surface area contributed by atoms with Gasteiger partial charge in [0.25, 0.3) is 0 Å². The highest BCUT2D eigenvalue weighted by Crippen LogP contribution is 2.01. The minimum atomic E-state index is -0.910. The molecule has 0 saturated carbocycles. The quantitative estimate of drug-likeness (QED) is 0.749. The van der Waals surface area contributed by atoms with E-state index in [1.54, 1.807) is 19.3 Å². The van der Waals surface area contributed by atoms with Crippen LogP contribution in [0.1, 0.15) is 12.5 Å². The van der Waals surface area contributed by atoms with Gasteiger partial charge in [-0.1, -0.05) is 0 Å². The predicted octanol–water partition coefficient (Wildman–Crippen LogP) is 1.05. The average Bonchev–Trinajstić information content (AvgIpc) is 2.37. The zero-order chi connectivity index (χ0) is 13.4. The molecule has 0 spiro atoms. The van der Waals surface area contributed by atoms with Crippen LogP contribution >= 0.6 is 0 Å². The van der Waals surface area contributed by atoms with E-state index in [-0.39, 0.29) is 0 Å². The summed E-state index contributed by atoms with van der Waals surface area (Å²) in [6, 6.07) is 3.93. The van der Waals surface area contributed by atoms with Gasteiger partial charge in [-0.2, -0.15) is 0 Å². The Kier molecular flexibility index (Phi) is 6.32. The standard InChI is InChI=1S/C13H20N2O3/c1-3-18-12(13(16)17)10-15(2)9-6-11-4-7-14-8-5-11/h4-5,7-8,12H,3,6,9-10H2,1-2H3,(H,16,17). The normalized spacial score (nSPS) is 12.6. The SMILES string of the molecule is CCOC(CN(C)CCc1ccncc1)C(=O)O. The van der Waals surface area contributed by atoms with E-state index in [9.17, 15) is 4.79 Å². The number of nitrogens with zero attached hydrogens (tertiary/aromatic N) is 2. The maximum atomic E-state index is 10.9. The van der Waals surface area contributed by atoms with Crippen LogP contribution < -0.4 is 0 Å². The molecule has 5 heteroatoms. The van der Waals surface area contributed by atoms with Gasteiger partial charge in [-0.05, 0) is 38.1 Å². The van der Waals surface area contributed by atoms with Crippen LogP contribution in [-0.4, -0.2) is 53.8 Å². The fraction of sp³-hybridized carbons (Fsp3) is 0.538. The van der Waals surface area contributed by atoms with Crippen molar-refractivity contribution >= 4 is 5.97 Å². The number of likely N-dealkylation sites (N-methyl/N-ethyl adjacent to an activating group) is 1. The summed E-state index contributed by atoms with van der Waals surface area (Å²) < 4.78 is 5.17. The summed E-state index contributed by atoms with van der Waals surface area (Å²) >= 11 is 0. The summed E-state index contributed by atoms with van der Waals surface area (Å²) in [5.41, 5.74) is 1.19. The van der Waals surface area contributed by atoms with E-state index >= 15 is 0 Å². The third-order valence-electron chi connectivity index (χ3n) is 2.65. The van der Waals surface area contributed by atoms with Crippen molar-refractivity contribution in [1.82, 2.24) is 9.88 Å². The lowest BCUT2D eigenvalue weighted by Gasteiger charge is -2.21. The maximum Gasteiger partial charge on any atom is 0.334 e. The zero-order valence-electron chi connectivity index (χ0n) is 10.9. The van der Waals surface area contributed by atoms with Crippen LogP contribution in [0.15, 0.2) is 24.5 Å². The number of carboxylic acids is 1. The molecule has 1 rings (SSSR count). The monoisotopic (exact) mass is 252 g/mol. The van der Waals surface area contributed by atoms with E-state index in [4.69, 9.17) is 9.84 Å². The first-order valence-corrected chi connectivity index (χ1v) is 6.05. The van der Waals surface area contributed by atoms with Gasteiger partial charge in [0.05, 0.1) is 0 Å². The second-order valence-corrected chi connectivity index (χ2v) is 4.15. The molecule has 0 amide bonds. The van der Waals surface area contributed by atoms with Crippen LogP contribution in [-0.2, 0) is 16.0 Å². The van der Waals surface area contributed by atoms with E-state index in [0.29, 0.717) is 13.2 Å². The van der Waals surface area contributed by atoms with Crippen molar-refractivity contribution in [3.05, 3.63) is 30.1 Å². The first kappa shape index (κ1) is 14.6. The minimum absolute atomic E-state index is 0.397. The van der Waals surface area contributed by atoms with Crippen LogP contribution in [0, 0.1) is 0 Å². The molecule has 1 unspecified atom stereocenters. The molecule has 0 saturated heterocycles. The Bertz CT molecular complexity index is 357. The number of ether oxygens (including phenoxy) is 1. The lowest BCUT2D eigenvalue weighted by atomic mass is 10.2. The van der Waals surface area contributed by atoms with Crippen molar-refractivity contribution in [2.24, 2.45) is 0 Å². The summed E-state index contributed by atoms with van der Waals surface area (Å²) in [7, 11) is 1.90. The topological polar surface area (TPSA) is 62.7 Å². The Morgan fingerprint density at radius 1 is 1.50 bits per heavy atom. The second-order valence-electron chi connectivity index (χ2n) is 4.15. The van der Waals surface area contributed by atoms with Crippen molar-refractivity contribution in [2.75, 3.05) is 26.7 Å². The van der Waals surface area contributed by atoms with Crippen molar-refractivity contribution in [3.63, 3.8) is 0 Å². The summed E-state index contributed by atoms with van der Waals surface area (Å²) in [4.78, 5) is 16.9. The van der Waals surface area contributed by atoms with Gasteiger partial charge < -0.3 is 14.7 Å². The molecule has 0 bridgehead atoms. The number of carboxylic acid groups (broad SMARTS) is 1. The molecule has 5 nitrogen and oxygen atoms in total. The average molecular weight is 252 g/mol. The molecule has 18 heavy (non-hydrogen) atoms. The molecule has 1 heterocycles. The summed E-state index contributed by atoms with van der Waals surface area (Å²) in [5, 5.41) is 8.98. The predicted molar refractivity (Wildman–Crippen MR) is 68.5 cm³/mol. The molecule has 1 aromatic heterocycles. The number of pyridine rings is 1. The van der Waals surface area contributed by atoms with E-state index in [0.717, 1.165) is 13.0 Å². The Hall–Kier alpha value is -1.46. The fourth-order valence-electron chi connectivity index (χ4n) is 1.65. The van der Waals surface area contributed by atoms with Crippen LogP contribution in [0.5, 0.6) is 0 Å². The Morgan fingerprint density at radius 2 is 2.17 bits per heavy atom. The molecule has 0 fully saturated rings. The smallest absolute Gasteiger partial charge is 0.334 e. The molecule has 0 aliphatic heterocycles. The first-order chi connectivity index (χ1) is 8.63. The highest BCUT2D eigenvalue weighted by molar-refractivity contribution is 5.72. The van der Waals surface area contributed by atoms with E-state index in [1.807, 2.05) is 24.1 Å². The number of rotatable bonds is 8. The Morgan fingerprint density at radius 3 is 2.72 bits per heavy atom. The van der Waals surface area contributed by atoms with Crippen molar-refractivity contribution < 1.29 is 14.6 Å².